The molecular formula is C11H11F3N4O3. The third-order valence-electron chi connectivity index (χ3n) is 1.99. The van der Waals surface area contributed by atoms with E-state index in [1.807, 2.05) is 12.1 Å². The molecule has 0 saturated heterocycles. The normalized spacial score (nSPS) is 10.7. The summed E-state index contributed by atoms with van der Waals surface area (Å²) in [5.74, 6) is -1.64. The standard InChI is InChI=1S/C9H10N4O.C2HF3O2/c10-4-3-8-12-9(13-14-8)7-2-1-5-11-6-7;3-2(4,5)1(6)7/h1-2,5-6H,3-4,10H2;(H,6,7). The van der Waals surface area contributed by atoms with Crippen LogP contribution in [0.3, 0.4) is 0 Å². The van der Waals surface area contributed by atoms with Crippen molar-refractivity contribution in [3.05, 3.63) is 30.4 Å². The fourth-order valence-electron chi connectivity index (χ4n) is 1.09. The number of alkyl halides is 3. The number of hydrogen-bond acceptors (Lipinski definition) is 6. The Bertz CT molecular complexity index is 572. The first-order valence-electron chi connectivity index (χ1n) is 5.57. The lowest BCUT2D eigenvalue weighted by molar-refractivity contribution is -0.192. The molecule has 7 nitrogen and oxygen atoms in total. The Morgan fingerprint density at radius 1 is 1.43 bits per heavy atom. The summed E-state index contributed by atoms with van der Waals surface area (Å²) in [4.78, 5) is 17.0. The average Bonchev–Trinajstić information content (AvgIpc) is 2.88. The second kappa shape index (κ2) is 7.33. The van der Waals surface area contributed by atoms with Crippen molar-refractivity contribution in [2.75, 3.05) is 6.54 Å². The highest BCUT2D eigenvalue weighted by atomic mass is 19.4. The summed E-state index contributed by atoms with van der Waals surface area (Å²) in [5.41, 5.74) is 6.22. The van der Waals surface area contributed by atoms with Crippen molar-refractivity contribution < 1.29 is 27.6 Å². The van der Waals surface area contributed by atoms with Crippen LogP contribution in [0.2, 0.25) is 0 Å². The number of pyridine rings is 1. The molecule has 0 spiro atoms. The molecule has 3 N–H and O–H groups in total. The van der Waals surface area contributed by atoms with Gasteiger partial charge in [0, 0.05) is 30.9 Å². The molecule has 0 saturated carbocycles. The molecule has 10 heteroatoms. The number of carbonyl (C=O) groups is 1. The lowest BCUT2D eigenvalue weighted by Crippen LogP contribution is -2.21. The van der Waals surface area contributed by atoms with Gasteiger partial charge < -0.3 is 15.4 Å². The van der Waals surface area contributed by atoms with Gasteiger partial charge in [0.05, 0.1) is 0 Å². The van der Waals surface area contributed by atoms with Gasteiger partial charge in [0.25, 0.3) is 0 Å². The summed E-state index contributed by atoms with van der Waals surface area (Å²) in [6.45, 7) is 0.509. The van der Waals surface area contributed by atoms with E-state index in [1.165, 1.54) is 0 Å². The number of carboxylic acids is 1. The van der Waals surface area contributed by atoms with Gasteiger partial charge in [0.1, 0.15) is 0 Å². The van der Waals surface area contributed by atoms with E-state index in [2.05, 4.69) is 15.1 Å². The third kappa shape index (κ3) is 5.57. The number of rotatable bonds is 3. The number of aromatic nitrogens is 3. The average molecular weight is 304 g/mol. The Morgan fingerprint density at radius 3 is 2.57 bits per heavy atom. The minimum atomic E-state index is -5.08. The predicted octanol–water partition coefficient (Wildman–Crippen LogP) is 1.27. The molecule has 2 heterocycles. The molecule has 2 rings (SSSR count). The van der Waals surface area contributed by atoms with Gasteiger partial charge in [-0.2, -0.15) is 18.2 Å². The third-order valence-corrected chi connectivity index (χ3v) is 1.99. The van der Waals surface area contributed by atoms with Gasteiger partial charge >= 0.3 is 12.1 Å². The summed E-state index contributed by atoms with van der Waals surface area (Å²) in [5, 5.41) is 10.9. The predicted molar refractivity (Wildman–Crippen MR) is 64.0 cm³/mol. The van der Waals surface area contributed by atoms with Crippen molar-refractivity contribution >= 4 is 5.97 Å². The van der Waals surface area contributed by atoms with E-state index in [-0.39, 0.29) is 0 Å². The number of carboxylic acid groups (broad SMARTS) is 1. The van der Waals surface area contributed by atoms with Crippen molar-refractivity contribution in [3.8, 4) is 11.4 Å². The Balaban J connectivity index is 0.000000270. The number of hydrogen-bond donors (Lipinski definition) is 2. The van der Waals surface area contributed by atoms with Gasteiger partial charge in [-0.3, -0.25) is 4.98 Å². The smallest absolute Gasteiger partial charge is 0.475 e. The van der Waals surface area contributed by atoms with E-state index in [4.69, 9.17) is 20.2 Å². The highest BCUT2D eigenvalue weighted by Gasteiger charge is 2.38. The van der Waals surface area contributed by atoms with Crippen LogP contribution in [0.25, 0.3) is 11.4 Å². The lowest BCUT2D eigenvalue weighted by Gasteiger charge is -1.93. The van der Waals surface area contributed by atoms with Gasteiger partial charge in [-0.15, -0.1) is 0 Å². The maximum absolute atomic E-state index is 10.6. The molecule has 0 fully saturated rings. The molecule has 2 aromatic rings. The van der Waals surface area contributed by atoms with Crippen LogP contribution in [0.1, 0.15) is 5.89 Å². The number of aliphatic carboxylic acids is 1. The van der Waals surface area contributed by atoms with E-state index < -0.39 is 12.1 Å². The van der Waals surface area contributed by atoms with Crippen molar-refractivity contribution in [1.82, 2.24) is 15.1 Å². The Morgan fingerprint density at radius 2 is 2.10 bits per heavy atom. The van der Waals surface area contributed by atoms with Gasteiger partial charge in [-0.05, 0) is 12.1 Å². The van der Waals surface area contributed by atoms with Crippen LogP contribution in [0.4, 0.5) is 13.2 Å². The first-order chi connectivity index (χ1) is 9.84. The lowest BCUT2D eigenvalue weighted by atomic mass is 10.3. The first kappa shape index (κ1) is 16.6. The largest absolute Gasteiger partial charge is 0.490 e. The SMILES string of the molecule is NCCc1nc(-c2cccnc2)no1.O=C(O)C(F)(F)F. The molecular weight excluding hydrogens is 293 g/mol. The van der Waals surface area contributed by atoms with E-state index in [0.29, 0.717) is 24.7 Å². The Kier molecular flexibility index (Phi) is 5.79. The second-order valence-electron chi connectivity index (χ2n) is 3.60. The topological polar surface area (TPSA) is 115 Å². The zero-order valence-electron chi connectivity index (χ0n) is 10.5. The zero-order valence-corrected chi connectivity index (χ0v) is 10.5. The summed E-state index contributed by atoms with van der Waals surface area (Å²) < 4.78 is 36.7. The fraction of sp³-hybridized carbons (Fsp3) is 0.273. The van der Waals surface area contributed by atoms with Crippen LogP contribution >= 0.6 is 0 Å². The van der Waals surface area contributed by atoms with Crippen LogP contribution in [0.15, 0.2) is 29.0 Å². The summed E-state index contributed by atoms with van der Waals surface area (Å²) in [7, 11) is 0. The van der Waals surface area contributed by atoms with E-state index in [0.717, 1.165) is 5.56 Å². The maximum atomic E-state index is 10.6. The van der Waals surface area contributed by atoms with Crippen molar-refractivity contribution in [1.29, 1.82) is 0 Å². The number of nitrogens with two attached hydrogens (primary N) is 1. The van der Waals surface area contributed by atoms with E-state index in [1.54, 1.807) is 12.4 Å². The number of nitrogens with zero attached hydrogens (tertiary/aromatic N) is 3. The number of halogens is 3. The van der Waals surface area contributed by atoms with E-state index >= 15 is 0 Å². The molecule has 0 radical (unpaired) electrons. The van der Waals surface area contributed by atoms with Crippen LogP contribution in [0, 0.1) is 0 Å². The summed E-state index contributed by atoms with van der Waals surface area (Å²) >= 11 is 0. The molecule has 114 valence electrons. The van der Waals surface area contributed by atoms with Crippen LogP contribution < -0.4 is 5.73 Å². The molecule has 0 aliphatic rings. The first-order valence-corrected chi connectivity index (χ1v) is 5.57. The van der Waals surface area contributed by atoms with Crippen LogP contribution in [-0.4, -0.2) is 38.9 Å². The molecule has 2 aromatic heterocycles. The van der Waals surface area contributed by atoms with E-state index in [9.17, 15) is 13.2 Å². The second-order valence-corrected chi connectivity index (χ2v) is 3.60. The molecule has 0 aliphatic heterocycles. The van der Waals surface area contributed by atoms with Gasteiger partial charge in [0.15, 0.2) is 0 Å². The van der Waals surface area contributed by atoms with Crippen molar-refractivity contribution in [3.63, 3.8) is 0 Å². The highest BCUT2D eigenvalue weighted by Crippen LogP contribution is 2.13. The monoisotopic (exact) mass is 304 g/mol. The molecule has 0 amide bonds. The van der Waals surface area contributed by atoms with Crippen molar-refractivity contribution in [2.24, 2.45) is 5.73 Å². The van der Waals surface area contributed by atoms with Gasteiger partial charge in [-0.25, -0.2) is 4.79 Å². The molecule has 0 atom stereocenters. The minimum Gasteiger partial charge on any atom is -0.475 e. The molecule has 0 bridgehead atoms. The van der Waals surface area contributed by atoms with Gasteiger partial charge in [-0.1, -0.05) is 5.16 Å². The van der Waals surface area contributed by atoms with Crippen LogP contribution in [-0.2, 0) is 11.2 Å². The highest BCUT2D eigenvalue weighted by molar-refractivity contribution is 5.73. The van der Waals surface area contributed by atoms with Gasteiger partial charge in [0.2, 0.25) is 11.7 Å². The molecule has 21 heavy (non-hydrogen) atoms. The molecule has 0 aliphatic carbocycles. The maximum Gasteiger partial charge on any atom is 0.490 e. The molecule has 0 aromatic carbocycles. The summed E-state index contributed by atoms with van der Waals surface area (Å²) in [6.07, 6.45) is -1.09. The van der Waals surface area contributed by atoms with Crippen molar-refractivity contribution in [2.45, 2.75) is 12.6 Å². The minimum absolute atomic E-state index is 0.509. The quantitative estimate of drug-likeness (QED) is 0.877. The summed E-state index contributed by atoms with van der Waals surface area (Å²) in [6, 6.07) is 3.71. The molecule has 0 unspecified atom stereocenters. The Labute approximate surface area is 116 Å². The van der Waals surface area contributed by atoms with Crippen LogP contribution in [0.5, 0.6) is 0 Å². The Hall–Kier alpha value is -2.49. The fourth-order valence-corrected chi connectivity index (χ4v) is 1.09. The zero-order chi connectivity index (χ0) is 15.9.